The quantitative estimate of drug-likeness (QED) is 0.116. The molecule has 1 aliphatic rings. The average Bonchev–Trinajstić information content (AvgIpc) is 1.55. The molecule has 13 aromatic carbocycles. The summed E-state index contributed by atoms with van der Waals surface area (Å²) in [5.74, 6) is 1.74. The Morgan fingerprint density at radius 3 is 0.990 bits per heavy atom. The summed E-state index contributed by atoms with van der Waals surface area (Å²) in [6.07, 6.45) is 7.57. The first kappa shape index (κ1) is 57.9. The second-order valence-electron chi connectivity index (χ2n) is 26.2. The van der Waals surface area contributed by atoms with Gasteiger partial charge in [0.1, 0.15) is 0 Å². The largest absolute Gasteiger partial charge is 0.309 e. The van der Waals surface area contributed by atoms with Crippen LogP contribution in [-0.2, 0) is 5.41 Å². The Labute approximate surface area is 568 Å². The molecule has 0 amide bonds. The van der Waals surface area contributed by atoms with Crippen LogP contribution in [-0.4, -0.2) is 28.7 Å². The Kier molecular flexibility index (Phi) is 13.4. The fourth-order valence-electron chi connectivity index (χ4n) is 15.2. The first-order valence-corrected chi connectivity index (χ1v) is 33.3. The molecule has 0 atom stereocenters. The summed E-state index contributed by atoms with van der Waals surface area (Å²) in [6, 6.07) is 102. The van der Waals surface area contributed by atoms with Gasteiger partial charge in [-0.25, -0.2) is 4.98 Å². The number of aromatic nitrogens is 6. The van der Waals surface area contributed by atoms with Crippen LogP contribution in [0.15, 0.2) is 305 Å². The highest BCUT2D eigenvalue weighted by Gasteiger charge is 2.37. The van der Waals surface area contributed by atoms with Crippen LogP contribution < -0.4 is 0 Å². The highest BCUT2D eigenvalue weighted by atomic mass is 15.2. The molecule has 0 N–H and O–H groups in total. The second-order valence-corrected chi connectivity index (χ2v) is 26.2. The summed E-state index contributed by atoms with van der Waals surface area (Å²) in [7, 11) is 0. The minimum absolute atomic E-state index is 0.429. The summed E-state index contributed by atoms with van der Waals surface area (Å²) in [4.78, 5) is 16.1. The van der Waals surface area contributed by atoms with Gasteiger partial charge in [-0.2, -0.15) is 9.97 Å². The van der Waals surface area contributed by atoms with Crippen LogP contribution in [0.25, 0.3) is 185 Å². The Morgan fingerprint density at radius 1 is 0.265 bits per heavy atom. The van der Waals surface area contributed by atoms with Crippen LogP contribution >= 0.6 is 0 Å². The van der Waals surface area contributed by atoms with Crippen LogP contribution in [0.1, 0.15) is 47.2 Å². The van der Waals surface area contributed by atoms with Crippen LogP contribution in [0.5, 0.6) is 0 Å². The van der Waals surface area contributed by atoms with Crippen molar-refractivity contribution in [2.75, 3.05) is 0 Å². The van der Waals surface area contributed by atoms with Crippen molar-refractivity contribution in [2.45, 2.75) is 19.3 Å². The molecule has 4 heterocycles. The minimum Gasteiger partial charge on any atom is -0.309 e. The summed E-state index contributed by atoms with van der Waals surface area (Å²) in [6.45, 7) is 20.8. The lowest BCUT2D eigenvalue weighted by Crippen LogP contribution is -2.15. The molecule has 0 fully saturated rings. The van der Waals surface area contributed by atoms with Gasteiger partial charge in [0.05, 0.1) is 33.1 Å². The summed E-state index contributed by atoms with van der Waals surface area (Å²) in [5, 5.41) is 6.89. The van der Waals surface area contributed by atoms with Crippen molar-refractivity contribution >= 4 is 89.7 Å². The van der Waals surface area contributed by atoms with Crippen LogP contribution in [0.3, 0.4) is 0 Å². The summed E-state index contributed by atoms with van der Waals surface area (Å²) >= 11 is 0. The standard InChI is InChI=1S/C92H64N6/c1-7-57-21-29-61(30-22-57)67-37-44-83-75(49-67)76-50-68(62-31-23-58(8-2)24-32-62)38-45-84(76)96(83)71-42-48-87-79(53-71)80-55-74-73-43-41-72(54-81(73)92(5,6)82(74)56-88(80)98(87)91-94-89(65-17-13-11-14-18-65)93-90(95-91)66-19-15-12-16-20-66)97-85-46-39-69(63-33-25-59(9-3)26-34-63)51-77(85)78-52-70(40-47-86(78)97)64-35-27-60(10-4)28-36-64/h7-56H,1-4H2,5-6H3. The third kappa shape index (κ3) is 9.36. The van der Waals surface area contributed by atoms with Crippen molar-refractivity contribution in [1.82, 2.24) is 28.7 Å². The lowest BCUT2D eigenvalue weighted by atomic mass is 9.82. The smallest absolute Gasteiger partial charge is 0.238 e. The van der Waals surface area contributed by atoms with Crippen molar-refractivity contribution in [3.63, 3.8) is 0 Å². The first-order chi connectivity index (χ1) is 48.1. The number of fused-ring (bicyclic) bond motifs is 12. The van der Waals surface area contributed by atoms with E-state index in [9.17, 15) is 0 Å². The summed E-state index contributed by atoms with van der Waals surface area (Å²) in [5.41, 5.74) is 28.6. The van der Waals surface area contributed by atoms with Crippen molar-refractivity contribution in [1.29, 1.82) is 0 Å². The predicted molar refractivity (Wildman–Crippen MR) is 413 cm³/mol. The van der Waals surface area contributed by atoms with Gasteiger partial charge < -0.3 is 9.13 Å². The Morgan fingerprint density at radius 2 is 0.592 bits per heavy atom. The van der Waals surface area contributed by atoms with E-state index in [1.807, 2.05) is 60.7 Å². The molecule has 0 saturated carbocycles. The number of benzene rings is 13. The Hall–Kier alpha value is -12.8. The Bertz CT molecular complexity index is 5880. The number of hydrogen-bond acceptors (Lipinski definition) is 3. The highest BCUT2D eigenvalue weighted by molar-refractivity contribution is 6.16. The van der Waals surface area contributed by atoms with Gasteiger partial charge in [0.2, 0.25) is 5.95 Å². The van der Waals surface area contributed by atoms with E-state index in [1.165, 1.54) is 43.8 Å². The van der Waals surface area contributed by atoms with Gasteiger partial charge in [0.15, 0.2) is 11.6 Å². The fraction of sp³-hybridized carbons (Fsp3) is 0.0326. The molecule has 4 aromatic heterocycles. The molecule has 6 heteroatoms. The lowest BCUT2D eigenvalue weighted by molar-refractivity contribution is 0.660. The molecule has 462 valence electrons. The van der Waals surface area contributed by atoms with E-state index >= 15 is 0 Å². The first-order valence-electron chi connectivity index (χ1n) is 33.3. The molecule has 98 heavy (non-hydrogen) atoms. The third-order valence-corrected chi connectivity index (χ3v) is 20.4. The van der Waals surface area contributed by atoms with Gasteiger partial charge in [0.25, 0.3) is 0 Å². The SMILES string of the molecule is C=Cc1ccc(-c2ccc3c(c2)c2cc(-c4ccc(C=C)cc4)ccc2n3-c2ccc3c(c2)C(C)(C)c2cc4c(cc2-3)c2cc(-n3c5ccc(-c6ccc(C=C)cc6)cc5c5cc(-c6ccc(C=C)cc6)ccc53)ccc2n4-c2nc(-c3ccccc3)nc(-c3ccccc3)n2)cc1. The number of hydrogen-bond donors (Lipinski definition) is 0. The number of nitrogens with zero attached hydrogens (tertiary/aromatic N) is 6. The maximum atomic E-state index is 5.45. The molecular weight excluding hydrogens is 1190 g/mol. The van der Waals surface area contributed by atoms with E-state index in [4.69, 9.17) is 15.0 Å². The van der Waals surface area contributed by atoms with Crippen molar-refractivity contribution in [3.05, 3.63) is 339 Å². The van der Waals surface area contributed by atoms with Crippen LogP contribution in [0, 0.1) is 0 Å². The van der Waals surface area contributed by atoms with E-state index < -0.39 is 5.41 Å². The molecule has 17 aromatic rings. The number of rotatable bonds is 13. The van der Waals surface area contributed by atoms with E-state index in [0.29, 0.717) is 17.6 Å². The van der Waals surface area contributed by atoms with Crippen LogP contribution in [0.4, 0.5) is 0 Å². The van der Waals surface area contributed by atoms with Gasteiger partial charge in [-0.05, 0) is 180 Å². The Balaban J connectivity index is 0.849. The van der Waals surface area contributed by atoms with E-state index in [1.54, 1.807) is 0 Å². The molecule has 0 unspecified atom stereocenters. The topological polar surface area (TPSA) is 53.5 Å². The molecule has 6 nitrogen and oxygen atoms in total. The molecule has 0 radical (unpaired) electrons. The van der Waals surface area contributed by atoms with Gasteiger partial charge in [-0.15, -0.1) is 0 Å². The zero-order chi connectivity index (χ0) is 65.9. The fourth-order valence-corrected chi connectivity index (χ4v) is 15.2. The molecule has 0 aliphatic heterocycles. The van der Waals surface area contributed by atoms with Crippen molar-refractivity contribution in [3.8, 4) is 95.7 Å². The average molecular weight is 1250 g/mol. The van der Waals surface area contributed by atoms with E-state index in [-0.39, 0.29) is 0 Å². The van der Waals surface area contributed by atoms with Gasteiger partial charge in [0, 0.05) is 60.2 Å². The van der Waals surface area contributed by atoms with Crippen LogP contribution in [0.2, 0.25) is 0 Å². The van der Waals surface area contributed by atoms with Crippen molar-refractivity contribution < 1.29 is 0 Å². The minimum atomic E-state index is -0.429. The third-order valence-electron chi connectivity index (χ3n) is 20.4. The van der Waals surface area contributed by atoms with E-state index in [0.717, 1.165) is 133 Å². The predicted octanol–water partition coefficient (Wildman–Crippen LogP) is 24.0. The zero-order valence-corrected chi connectivity index (χ0v) is 54.4. The van der Waals surface area contributed by atoms with Crippen molar-refractivity contribution in [2.24, 2.45) is 0 Å². The molecule has 0 saturated heterocycles. The lowest BCUT2D eigenvalue weighted by Gasteiger charge is -2.22. The molecule has 0 spiro atoms. The van der Waals surface area contributed by atoms with Gasteiger partial charge in [-0.1, -0.05) is 253 Å². The zero-order valence-electron chi connectivity index (χ0n) is 54.4. The summed E-state index contributed by atoms with van der Waals surface area (Å²) < 4.78 is 7.18. The highest BCUT2D eigenvalue weighted by Crippen LogP contribution is 2.53. The molecule has 0 bridgehead atoms. The maximum absolute atomic E-state index is 5.45. The monoisotopic (exact) mass is 1250 g/mol. The maximum Gasteiger partial charge on any atom is 0.238 e. The van der Waals surface area contributed by atoms with Gasteiger partial charge >= 0.3 is 0 Å². The molecule has 18 rings (SSSR count). The molecular formula is C92H64N6. The second kappa shape index (κ2) is 22.7. The van der Waals surface area contributed by atoms with E-state index in [2.05, 4.69) is 297 Å². The normalized spacial score (nSPS) is 12.4. The molecule has 1 aliphatic carbocycles. The van der Waals surface area contributed by atoms with Gasteiger partial charge in [-0.3, -0.25) is 4.57 Å².